The molecule has 164 valence electrons. The average molecular weight is 442 g/mol. The normalized spacial score (nSPS) is 11.7. The lowest BCUT2D eigenvalue weighted by Gasteiger charge is -2.11. The second-order valence-corrected chi connectivity index (χ2v) is 8.11. The monoisotopic (exact) mass is 441 g/mol. The highest BCUT2D eigenvalue weighted by atomic mass is 32.2. The van der Waals surface area contributed by atoms with Crippen LogP contribution in [-0.2, 0) is 17.0 Å². The number of nitrogens with one attached hydrogen (secondary N) is 1. The van der Waals surface area contributed by atoms with Crippen LogP contribution in [0.25, 0.3) is 11.4 Å². The van der Waals surface area contributed by atoms with Crippen molar-refractivity contribution in [2.75, 3.05) is 20.3 Å². The molecule has 1 heterocycles. The fourth-order valence-electron chi connectivity index (χ4n) is 2.89. The van der Waals surface area contributed by atoms with Crippen molar-refractivity contribution in [1.82, 2.24) is 15.5 Å². The van der Waals surface area contributed by atoms with E-state index >= 15 is 0 Å². The fraction of sp³-hybridized carbons (Fsp3) is 0.348. The van der Waals surface area contributed by atoms with Gasteiger partial charge in [0.05, 0.1) is 30.3 Å². The standard InChI is InChI=1S/C23H27N3O4S/c1-4-29-20-8-6-5-7-19(20)22-25-21(30-26-22)15-31-16(2)23(27)24-14-13-17-9-11-18(28-3)12-10-17/h5-12,16H,4,13-15H2,1-3H3,(H,24,27). The Morgan fingerprint density at radius 1 is 1.19 bits per heavy atom. The van der Waals surface area contributed by atoms with Crippen molar-refractivity contribution >= 4 is 17.7 Å². The molecule has 0 saturated heterocycles. The van der Waals surface area contributed by atoms with E-state index in [1.165, 1.54) is 11.8 Å². The molecule has 1 unspecified atom stereocenters. The van der Waals surface area contributed by atoms with E-state index in [-0.39, 0.29) is 11.2 Å². The van der Waals surface area contributed by atoms with E-state index in [1.54, 1.807) is 7.11 Å². The highest BCUT2D eigenvalue weighted by Gasteiger charge is 2.17. The first-order valence-corrected chi connectivity index (χ1v) is 11.2. The van der Waals surface area contributed by atoms with Gasteiger partial charge in [0.25, 0.3) is 0 Å². The fourth-order valence-corrected chi connectivity index (χ4v) is 3.64. The van der Waals surface area contributed by atoms with E-state index in [0.29, 0.717) is 30.6 Å². The number of benzene rings is 2. The molecule has 0 saturated carbocycles. The SMILES string of the molecule is CCOc1ccccc1-c1noc(CSC(C)C(=O)NCCc2ccc(OC)cc2)n1. The quantitative estimate of drug-likeness (QED) is 0.479. The van der Waals surface area contributed by atoms with Crippen LogP contribution in [0.1, 0.15) is 25.3 Å². The summed E-state index contributed by atoms with van der Waals surface area (Å²) in [5, 5.41) is 6.80. The minimum Gasteiger partial charge on any atom is -0.497 e. The molecule has 3 aromatic rings. The third-order valence-corrected chi connectivity index (χ3v) is 5.72. The highest BCUT2D eigenvalue weighted by Crippen LogP contribution is 2.28. The zero-order valence-electron chi connectivity index (χ0n) is 18.0. The number of aromatic nitrogens is 2. The summed E-state index contributed by atoms with van der Waals surface area (Å²) in [6.07, 6.45) is 0.763. The van der Waals surface area contributed by atoms with E-state index in [0.717, 1.165) is 29.0 Å². The molecule has 7 nitrogen and oxygen atoms in total. The maximum atomic E-state index is 12.4. The summed E-state index contributed by atoms with van der Waals surface area (Å²) in [6.45, 7) is 4.94. The van der Waals surface area contributed by atoms with Crippen LogP contribution in [0.15, 0.2) is 53.1 Å². The molecule has 3 rings (SSSR count). The topological polar surface area (TPSA) is 86.5 Å². The van der Waals surface area contributed by atoms with Gasteiger partial charge in [0.1, 0.15) is 11.5 Å². The van der Waals surface area contributed by atoms with E-state index in [9.17, 15) is 4.79 Å². The Morgan fingerprint density at radius 3 is 2.71 bits per heavy atom. The van der Waals surface area contributed by atoms with Crippen LogP contribution in [0.4, 0.5) is 0 Å². The molecule has 31 heavy (non-hydrogen) atoms. The van der Waals surface area contributed by atoms with Gasteiger partial charge in [-0.2, -0.15) is 4.98 Å². The van der Waals surface area contributed by atoms with Crippen molar-refractivity contribution in [3.8, 4) is 22.9 Å². The van der Waals surface area contributed by atoms with Crippen molar-refractivity contribution in [2.45, 2.75) is 31.3 Å². The highest BCUT2D eigenvalue weighted by molar-refractivity contribution is 7.99. The number of nitrogens with zero attached hydrogens (tertiary/aromatic N) is 2. The number of hydrogen-bond acceptors (Lipinski definition) is 7. The summed E-state index contributed by atoms with van der Waals surface area (Å²) in [5.41, 5.74) is 1.93. The molecule has 1 amide bonds. The molecule has 0 aliphatic carbocycles. The lowest BCUT2D eigenvalue weighted by molar-refractivity contribution is -0.120. The average Bonchev–Trinajstić information content (AvgIpc) is 3.27. The second-order valence-electron chi connectivity index (χ2n) is 6.78. The Balaban J connectivity index is 1.46. The smallest absolute Gasteiger partial charge is 0.236 e. The van der Waals surface area contributed by atoms with Crippen LogP contribution in [0.3, 0.4) is 0 Å². The van der Waals surface area contributed by atoms with Crippen molar-refractivity contribution in [1.29, 1.82) is 0 Å². The van der Waals surface area contributed by atoms with Gasteiger partial charge in [-0.3, -0.25) is 4.79 Å². The zero-order valence-corrected chi connectivity index (χ0v) is 18.8. The summed E-state index contributed by atoms with van der Waals surface area (Å²) in [5.74, 6) is 2.94. The number of ether oxygens (including phenoxy) is 2. The summed E-state index contributed by atoms with van der Waals surface area (Å²) < 4.78 is 16.1. The molecule has 1 N–H and O–H groups in total. The molecule has 0 fully saturated rings. The van der Waals surface area contributed by atoms with Gasteiger partial charge >= 0.3 is 0 Å². The summed E-state index contributed by atoms with van der Waals surface area (Å²) in [4.78, 5) is 16.8. The predicted octanol–water partition coefficient (Wildman–Crippen LogP) is 4.12. The molecule has 0 bridgehead atoms. The van der Waals surface area contributed by atoms with Crippen LogP contribution < -0.4 is 14.8 Å². The van der Waals surface area contributed by atoms with E-state index < -0.39 is 0 Å². The lowest BCUT2D eigenvalue weighted by atomic mass is 10.1. The first-order valence-electron chi connectivity index (χ1n) is 10.2. The number of methoxy groups -OCH3 is 1. The van der Waals surface area contributed by atoms with E-state index in [1.807, 2.05) is 62.4 Å². The molecule has 1 aromatic heterocycles. The van der Waals surface area contributed by atoms with Crippen molar-refractivity contribution in [3.05, 3.63) is 60.0 Å². The summed E-state index contributed by atoms with van der Waals surface area (Å²) >= 11 is 1.46. The predicted molar refractivity (Wildman–Crippen MR) is 121 cm³/mol. The number of carbonyl (C=O) groups excluding carboxylic acids is 1. The van der Waals surface area contributed by atoms with Crippen LogP contribution >= 0.6 is 11.8 Å². The number of rotatable bonds is 11. The van der Waals surface area contributed by atoms with Gasteiger partial charge in [-0.15, -0.1) is 11.8 Å². The largest absolute Gasteiger partial charge is 0.497 e. The zero-order chi connectivity index (χ0) is 22.1. The lowest BCUT2D eigenvalue weighted by Crippen LogP contribution is -2.32. The first-order chi connectivity index (χ1) is 15.1. The van der Waals surface area contributed by atoms with Crippen molar-refractivity contribution in [3.63, 3.8) is 0 Å². The molecule has 0 aliphatic rings. The Hall–Kier alpha value is -3.00. The Bertz CT molecular complexity index is 975. The number of carbonyl (C=O) groups is 1. The summed E-state index contributed by atoms with van der Waals surface area (Å²) in [6, 6.07) is 15.4. The van der Waals surface area contributed by atoms with Crippen LogP contribution in [0.2, 0.25) is 0 Å². The van der Waals surface area contributed by atoms with E-state index in [4.69, 9.17) is 14.0 Å². The van der Waals surface area contributed by atoms with Crippen LogP contribution in [0.5, 0.6) is 11.5 Å². The maximum Gasteiger partial charge on any atom is 0.236 e. The summed E-state index contributed by atoms with van der Waals surface area (Å²) in [7, 11) is 1.64. The molecular weight excluding hydrogens is 414 g/mol. The number of para-hydroxylation sites is 1. The van der Waals surface area contributed by atoms with Gasteiger partial charge in [0.2, 0.25) is 17.6 Å². The molecule has 0 aliphatic heterocycles. The third-order valence-electron chi connectivity index (χ3n) is 4.59. The number of hydrogen-bond donors (Lipinski definition) is 1. The Labute approximate surface area is 186 Å². The van der Waals surface area contributed by atoms with Gasteiger partial charge in [-0.05, 0) is 50.1 Å². The van der Waals surface area contributed by atoms with Gasteiger partial charge in [0, 0.05) is 6.54 Å². The second kappa shape index (κ2) is 11.4. The van der Waals surface area contributed by atoms with Crippen LogP contribution in [-0.4, -0.2) is 41.6 Å². The van der Waals surface area contributed by atoms with Gasteiger partial charge in [0.15, 0.2) is 0 Å². The molecular formula is C23H27N3O4S. The van der Waals surface area contributed by atoms with Crippen molar-refractivity contribution < 1.29 is 18.8 Å². The van der Waals surface area contributed by atoms with Gasteiger partial charge in [-0.1, -0.05) is 29.4 Å². The molecule has 1 atom stereocenters. The van der Waals surface area contributed by atoms with E-state index in [2.05, 4.69) is 15.5 Å². The number of thioether (sulfide) groups is 1. The Kier molecular flexibility index (Phi) is 8.35. The minimum atomic E-state index is -0.234. The van der Waals surface area contributed by atoms with Gasteiger partial charge in [-0.25, -0.2) is 0 Å². The minimum absolute atomic E-state index is 0.0139. The molecule has 8 heteroatoms. The molecule has 0 spiro atoms. The molecule has 0 radical (unpaired) electrons. The van der Waals surface area contributed by atoms with Gasteiger partial charge < -0.3 is 19.3 Å². The first kappa shape index (κ1) is 22.7. The number of amides is 1. The third kappa shape index (κ3) is 6.49. The van der Waals surface area contributed by atoms with Crippen molar-refractivity contribution in [2.24, 2.45) is 0 Å². The Morgan fingerprint density at radius 2 is 1.97 bits per heavy atom. The molecule has 2 aromatic carbocycles. The van der Waals surface area contributed by atoms with Crippen LogP contribution in [0, 0.1) is 0 Å². The maximum absolute atomic E-state index is 12.4.